The first-order valence-corrected chi connectivity index (χ1v) is 9.00. The van der Waals surface area contributed by atoms with Crippen molar-refractivity contribution < 1.29 is 5.11 Å². The van der Waals surface area contributed by atoms with E-state index < -0.39 is 0 Å². The lowest BCUT2D eigenvalue weighted by Crippen LogP contribution is -2.43. The number of aromatic hydroxyl groups is 1. The van der Waals surface area contributed by atoms with Gasteiger partial charge in [-0.15, -0.1) is 0 Å². The van der Waals surface area contributed by atoms with Gasteiger partial charge in [-0.25, -0.2) is 0 Å². The maximum atomic E-state index is 12.8. The van der Waals surface area contributed by atoms with Crippen molar-refractivity contribution in [3.05, 3.63) is 59.0 Å². The van der Waals surface area contributed by atoms with E-state index in [1.165, 1.54) is 10.4 Å². The summed E-state index contributed by atoms with van der Waals surface area (Å²) in [4.78, 5) is 18.4. The van der Waals surface area contributed by atoms with Crippen molar-refractivity contribution in [3.8, 4) is 22.7 Å². The highest BCUT2D eigenvalue weighted by Crippen LogP contribution is 2.29. The van der Waals surface area contributed by atoms with Crippen LogP contribution in [0.15, 0.2) is 53.5 Å². The molecule has 5 rings (SSSR count). The van der Waals surface area contributed by atoms with Crippen LogP contribution in [-0.2, 0) is 0 Å². The number of phenols is 1. The van der Waals surface area contributed by atoms with Crippen LogP contribution in [0.1, 0.15) is 0 Å². The molecule has 27 heavy (non-hydrogen) atoms. The number of hydrogen-bond donors (Lipinski definition) is 3. The van der Waals surface area contributed by atoms with Crippen molar-refractivity contribution in [1.29, 1.82) is 0 Å². The van der Waals surface area contributed by atoms with Crippen LogP contribution in [0.5, 0.6) is 5.75 Å². The van der Waals surface area contributed by atoms with Crippen LogP contribution in [-0.4, -0.2) is 46.1 Å². The maximum absolute atomic E-state index is 12.8. The van der Waals surface area contributed by atoms with Gasteiger partial charge >= 0.3 is 0 Å². The van der Waals surface area contributed by atoms with Crippen molar-refractivity contribution in [2.24, 2.45) is 0 Å². The standard InChI is InChI=1S/C20H19N5O2/c26-15-4-1-13(2-5-15)25-20(27)17-12-22-18-11-14(24-9-7-21-8-10-24)3-6-16(18)19(17)23-25/h1-6,11-12,21-22,26H,7-10H2. The number of rotatable bonds is 2. The van der Waals surface area contributed by atoms with E-state index >= 15 is 0 Å². The normalized spacial score (nSPS) is 14.9. The van der Waals surface area contributed by atoms with Crippen molar-refractivity contribution >= 4 is 16.6 Å². The van der Waals surface area contributed by atoms with E-state index in [0.717, 1.165) is 37.1 Å². The van der Waals surface area contributed by atoms with Crippen molar-refractivity contribution in [2.45, 2.75) is 0 Å². The summed E-state index contributed by atoms with van der Waals surface area (Å²) < 4.78 is 1.38. The van der Waals surface area contributed by atoms with Gasteiger partial charge in [0.15, 0.2) is 0 Å². The summed E-state index contributed by atoms with van der Waals surface area (Å²) in [6.45, 7) is 3.93. The third-order valence-electron chi connectivity index (χ3n) is 5.08. The molecule has 7 nitrogen and oxygen atoms in total. The van der Waals surface area contributed by atoms with Crippen LogP contribution < -0.4 is 15.8 Å². The molecule has 136 valence electrons. The monoisotopic (exact) mass is 361 g/mol. The second kappa shape index (κ2) is 6.14. The number of benzene rings is 2. The molecule has 0 spiro atoms. The molecule has 3 N–H and O–H groups in total. The lowest BCUT2D eigenvalue weighted by molar-refractivity contribution is 0.475. The zero-order chi connectivity index (χ0) is 18.4. The topological polar surface area (TPSA) is 86.2 Å². The number of aromatic nitrogens is 3. The van der Waals surface area contributed by atoms with Crippen LogP contribution in [0.4, 0.5) is 5.69 Å². The zero-order valence-electron chi connectivity index (χ0n) is 14.6. The van der Waals surface area contributed by atoms with Crippen LogP contribution in [0.2, 0.25) is 0 Å². The Labute approximate surface area is 155 Å². The van der Waals surface area contributed by atoms with Gasteiger partial charge in [-0.1, -0.05) is 0 Å². The maximum Gasteiger partial charge on any atom is 0.282 e. The lowest BCUT2D eigenvalue weighted by atomic mass is 10.1. The Kier molecular flexibility index (Phi) is 3.61. The number of anilines is 1. The summed E-state index contributed by atoms with van der Waals surface area (Å²) in [5, 5.41) is 18.3. The van der Waals surface area contributed by atoms with Gasteiger partial charge < -0.3 is 20.3 Å². The molecular weight excluding hydrogens is 342 g/mol. The van der Waals surface area contributed by atoms with Gasteiger partial charge in [0.2, 0.25) is 0 Å². The molecule has 0 amide bonds. The van der Waals surface area contributed by atoms with E-state index in [4.69, 9.17) is 0 Å². The highest BCUT2D eigenvalue weighted by Gasteiger charge is 2.20. The fourth-order valence-electron chi connectivity index (χ4n) is 3.64. The molecule has 7 heteroatoms. The van der Waals surface area contributed by atoms with Crippen LogP contribution in [0.3, 0.4) is 0 Å². The van der Waals surface area contributed by atoms with Crippen molar-refractivity contribution in [1.82, 2.24) is 20.1 Å². The van der Waals surface area contributed by atoms with Crippen LogP contribution in [0.25, 0.3) is 27.8 Å². The highest BCUT2D eigenvalue weighted by atomic mass is 16.3. The van der Waals surface area contributed by atoms with Gasteiger partial charge in [0, 0.05) is 49.0 Å². The van der Waals surface area contributed by atoms with E-state index in [2.05, 4.69) is 32.4 Å². The molecule has 0 aliphatic carbocycles. The Morgan fingerprint density at radius 1 is 1.00 bits per heavy atom. The third-order valence-corrected chi connectivity index (χ3v) is 5.08. The molecule has 0 atom stereocenters. The van der Waals surface area contributed by atoms with Crippen LogP contribution in [0, 0.1) is 0 Å². The van der Waals surface area contributed by atoms with Gasteiger partial charge in [-0.3, -0.25) is 4.79 Å². The van der Waals surface area contributed by atoms with E-state index in [-0.39, 0.29) is 11.3 Å². The molecule has 1 fully saturated rings. The average molecular weight is 361 g/mol. The number of aromatic amines is 1. The predicted octanol–water partition coefficient (Wildman–Crippen LogP) is 1.93. The molecule has 0 bridgehead atoms. The zero-order valence-corrected chi connectivity index (χ0v) is 14.6. The first-order valence-electron chi connectivity index (χ1n) is 9.00. The average Bonchev–Trinajstić information content (AvgIpc) is 3.06. The van der Waals surface area contributed by atoms with E-state index in [1.807, 2.05) is 6.07 Å². The van der Waals surface area contributed by atoms with E-state index in [1.54, 1.807) is 30.5 Å². The van der Waals surface area contributed by atoms with Crippen LogP contribution >= 0.6 is 0 Å². The number of nitrogens with zero attached hydrogens (tertiary/aromatic N) is 3. The molecule has 0 unspecified atom stereocenters. The smallest absolute Gasteiger partial charge is 0.282 e. The Morgan fingerprint density at radius 2 is 1.74 bits per heavy atom. The Bertz CT molecular complexity index is 1140. The summed E-state index contributed by atoms with van der Waals surface area (Å²) in [7, 11) is 0. The quantitative estimate of drug-likeness (QED) is 0.508. The second-order valence-electron chi connectivity index (χ2n) is 6.75. The van der Waals surface area contributed by atoms with E-state index in [9.17, 15) is 9.90 Å². The molecule has 0 aromatic heterocycles. The fourth-order valence-corrected chi connectivity index (χ4v) is 3.64. The molecule has 3 heterocycles. The second-order valence-corrected chi connectivity index (χ2v) is 6.75. The number of piperazine rings is 1. The fraction of sp³-hybridized carbons (Fsp3) is 0.200. The summed E-state index contributed by atoms with van der Waals surface area (Å²) in [6.07, 6.45) is 1.73. The summed E-state index contributed by atoms with van der Waals surface area (Å²) >= 11 is 0. The Hall–Kier alpha value is -3.32. The number of fused-ring (bicyclic) bond motifs is 3. The van der Waals surface area contributed by atoms with Gasteiger partial charge in [0.1, 0.15) is 11.4 Å². The van der Waals surface area contributed by atoms with Crippen molar-refractivity contribution in [2.75, 3.05) is 31.1 Å². The third kappa shape index (κ3) is 2.63. The first-order chi connectivity index (χ1) is 13.2. The van der Waals surface area contributed by atoms with E-state index in [0.29, 0.717) is 16.9 Å². The minimum Gasteiger partial charge on any atom is -0.508 e. The van der Waals surface area contributed by atoms with Gasteiger partial charge in [-0.05, 0) is 42.5 Å². The molecule has 0 saturated carbocycles. The van der Waals surface area contributed by atoms with Crippen molar-refractivity contribution in [3.63, 3.8) is 0 Å². The SMILES string of the molecule is O=c1c2c[nH]c3cc(N4CCNCC4)ccc3c-2nn1-c1ccc(O)cc1. The summed E-state index contributed by atoms with van der Waals surface area (Å²) in [6, 6.07) is 12.7. The minimum absolute atomic E-state index is 0.155. The molecule has 3 aliphatic rings. The molecule has 2 aromatic carbocycles. The predicted molar refractivity (Wildman–Crippen MR) is 105 cm³/mol. The number of hydrogen-bond acceptors (Lipinski definition) is 5. The van der Waals surface area contributed by atoms with Gasteiger partial charge in [-0.2, -0.15) is 9.78 Å². The molecular formula is C20H19N5O2. The van der Waals surface area contributed by atoms with Gasteiger partial charge in [0.05, 0.1) is 11.3 Å². The van der Waals surface area contributed by atoms with Gasteiger partial charge in [0.25, 0.3) is 5.56 Å². The molecule has 0 radical (unpaired) electrons. The Morgan fingerprint density at radius 3 is 2.52 bits per heavy atom. The largest absolute Gasteiger partial charge is 0.508 e. The number of H-pyrrole nitrogens is 1. The summed E-state index contributed by atoms with van der Waals surface area (Å²) in [5.74, 6) is 0.155. The minimum atomic E-state index is -0.181. The molecule has 3 aliphatic heterocycles. The lowest BCUT2D eigenvalue weighted by Gasteiger charge is -2.29. The molecule has 1 saturated heterocycles. The molecule has 2 aromatic rings. The highest BCUT2D eigenvalue weighted by molar-refractivity contribution is 5.95. The number of phenolic OH excluding ortho intramolecular Hbond substituents is 1. The number of nitrogens with one attached hydrogen (secondary N) is 2. The number of pyridine rings is 1. The first kappa shape index (κ1) is 15.9. The summed E-state index contributed by atoms with van der Waals surface area (Å²) in [5.41, 5.74) is 3.78. The Balaban J connectivity index is 1.64.